The van der Waals surface area contributed by atoms with Crippen LogP contribution in [0.25, 0.3) is 10.9 Å². The first-order valence-electron chi connectivity index (χ1n) is 11.2. The number of aromatic amines is 1. The van der Waals surface area contributed by atoms with Gasteiger partial charge in [0.25, 0.3) is 0 Å². The second-order valence-corrected chi connectivity index (χ2v) is 11.0. The average Bonchev–Trinajstić information content (AvgIpc) is 3.22. The Morgan fingerprint density at radius 2 is 1.88 bits per heavy atom. The molecule has 2 aromatic carbocycles. The molecule has 1 aromatic heterocycles. The Morgan fingerprint density at radius 1 is 1.12 bits per heavy atom. The fourth-order valence-corrected chi connectivity index (χ4v) is 6.20. The van der Waals surface area contributed by atoms with Crippen molar-refractivity contribution in [3.8, 4) is 0 Å². The first-order valence-corrected chi connectivity index (χ1v) is 13.4. The third-order valence-corrected chi connectivity index (χ3v) is 8.55. The molecule has 0 bridgehead atoms. The molecule has 4 rings (SSSR count). The van der Waals surface area contributed by atoms with Crippen LogP contribution in [0.5, 0.6) is 0 Å². The van der Waals surface area contributed by atoms with Crippen molar-refractivity contribution in [2.45, 2.75) is 56.0 Å². The molecule has 1 unspecified atom stereocenters. The SMILES string of the molecule is CCCCC(NS(=O)(=O)c1ccc(Cl)c(Cl)c1)N1CCC(c2c[nH]c3ccccc23)CC1. The minimum atomic E-state index is -3.70. The Labute approximate surface area is 200 Å². The molecule has 3 aromatic rings. The molecule has 1 saturated heterocycles. The maximum absolute atomic E-state index is 13.1. The summed E-state index contributed by atoms with van der Waals surface area (Å²) in [6.45, 7) is 3.82. The number of hydrogen-bond acceptors (Lipinski definition) is 3. The number of likely N-dealkylation sites (tertiary alicyclic amines) is 1. The topological polar surface area (TPSA) is 65.2 Å². The normalized spacial score (nSPS) is 17.1. The number of halogens is 2. The van der Waals surface area contributed by atoms with E-state index in [0.29, 0.717) is 10.9 Å². The summed E-state index contributed by atoms with van der Waals surface area (Å²) in [5.41, 5.74) is 2.53. The summed E-state index contributed by atoms with van der Waals surface area (Å²) >= 11 is 12.0. The maximum atomic E-state index is 13.1. The predicted octanol–water partition coefficient (Wildman–Crippen LogP) is 6.15. The Kier molecular flexibility index (Phi) is 7.47. The van der Waals surface area contributed by atoms with Crippen LogP contribution in [-0.4, -0.2) is 37.6 Å². The minimum Gasteiger partial charge on any atom is -0.361 e. The number of nitrogens with zero attached hydrogens (tertiary/aromatic N) is 1. The van der Waals surface area contributed by atoms with Crippen LogP contribution >= 0.6 is 23.2 Å². The van der Waals surface area contributed by atoms with E-state index in [1.807, 2.05) is 6.07 Å². The molecule has 1 fully saturated rings. The molecule has 2 N–H and O–H groups in total. The van der Waals surface area contributed by atoms with Gasteiger partial charge in [0.05, 0.1) is 21.1 Å². The highest BCUT2D eigenvalue weighted by Gasteiger charge is 2.30. The molecule has 0 spiro atoms. The molecule has 32 heavy (non-hydrogen) atoms. The van der Waals surface area contributed by atoms with Gasteiger partial charge >= 0.3 is 0 Å². The number of benzene rings is 2. The molecule has 0 aliphatic carbocycles. The lowest BCUT2D eigenvalue weighted by Gasteiger charge is -2.38. The average molecular weight is 494 g/mol. The second kappa shape index (κ2) is 10.1. The lowest BCUT2D eigenvalue weighted by atomic mass is 9.89. The zero-order valence-electron chi connectivity index (χ0n) is 18.2. The summed E-state index contributed by atoms with van der Waals surface area (Å²) in [4.78, 5) is 5.79. The zero-order valence-corrected chi connectivity index (χ0v) is 20.5. The van der Waals surface area contributed by atoms with Crippen LogP contribution in [0.4, 0.5) is 0 Å². The van der Waals surface area contributed by atoms with Crippen molar-refractivity contribution in [2.24, 2.45) is 0 Å². The van der Waals surface area contributed by atoms with Crippen molar-refractivity contribution in [3.63, 3.8) is 0 Å². The summed E-state index contributed by atoms with van der Waals surface area (Å²) in [7, 11) is -3.70. The van der Waals surface area contributed by atoms with Crippen LogP contribution in [-0.2, 0) is 10.0 Å². The fraction of sp³-hybridized carbons (Fsp3) is 0.417. The maximum Gasteiger partial charge on any atom is 0.241 e. The second-order valence-electron chi connectivity index (χ2n) is 8.46. The van der Waals surface area contributed by atoms with Crippen molar-refractivity contribution in [2.75, 3.05) is 13.1 Å². The number of para-hydroxylation sites is 1. The summed E-state index contributed by atoms with van der Waals surface area (Å²) in [5, 5.41) is 1.86. The predicted molar refractivity (Wildman–Crippen MR) is 132 cm³/mol. The number of fused-ring (bicyclic) bond motifs is 1. The fourth-order valence-electron chi connectivity index (χ4n) is 4.56. The van der Waals surface area contributed by atoms with Crippen LogP contribution < -0.4 is 4.72 Å². The molecule has 0 saturated carbocycles. The zero-order chi connectivity index (χ0) is 22.7. The number of unbranched alkanes of at least 4 members (excludes halogenated alkanes) is 1. The van der Waals surface area contributed by atoms with Gasteiger partial charge in [-0.25, -0.2) is 8.42 Å². The summed E-state index contributed by atoms with van der Waals surface area (Å²) in [6, 6.07) is 12.8. The van der Waals surface area contributed by atoms with Crippen LogP contribution in [0.1, 0.15) is 50.5 Å². The van der Waals surface area contributed by atoms with Crippen LogP contribution in [0, 0.1) is 0 Å². The van der Waals surface area contributed by atoms with Crippen molar-refractivity contribution in [1.82, 2.24) is 14.6 Å². The highest BCUT2D eigenvalue weighted by atomic mass is 35.5. The van der Waals surface area contributed by atoms with E-state index in [1.54, 1.807) is 0 Å². The van der Waals surface area contributed by atoms with Crippen molar-refractivity contribution in [3.05, 3.63) is 64.3 Å². The lowest BCUT2D eigenvalue weighted by Crippen LogP contribution is -2.50. The minimum absolute atomic E-state index is 0.141. The van der Waals surface area contributed by atoms with Crippen LogP contribution in [0.3, 0.4) is 0 Å². The van der Waals surface area contributed by atoms with Gasteiger partial charge in [-0.3, -0.25) is 4.90 Å². The van der Waals surface area contributed by atoms with Crippen LogP contribution in [0.15, 0.2) is 53.6 Å². The number of sulfonamides is 1. The van der Waals surface area contributed by atoms with Gasteiger partial charge in [-0.15, -0.1) is 0 Å². The number of nitrogens with one attached hydrogen (secondary N) is 2. The molecule has 0 radical (unpaired) electrons. The molecule has 2 heterocycles. The lowest BCUT2D eigenvalue weighted by molar-refractivity contribution is 0.135. The summed E-state index contributed by atoms with van der Waals surface area (Å²) in [5.74, 6) is 0.473. The monoisotopic (exact) mass is 493 g/mol. The third-order valence-electron chi connectivity index (χ3n) is 6.36. The first-order chi connectivity index (χ1) is 15.4. The molecular formula is C24H29Cl2N3O2S. The Bertz CT molecular complexity index is 1170. The van der Waals surface area contributed by atoms with Gasteiger partial charge in [0.15, 0.2) is 0 Å². The molecule has 172 valence electrons. The molecule has 0 amide bonds. The number of rotatable bonds is 8. The van der Waals surface area contributed by atoms with E-state index in [1.165, 1.54) is 34.7 Å². The summed E-state index contributed by atoms with van der Waals surface area (Å²) in [6.07, 6.45) is 6.63. The first kappa shape index (κ1) is 23.6. The molecule has 1 aliphatic rings. The van der Waals surface area contributed by atoms with Gasteiger partial charge in [0.1, 0.15) is 0 Å². The number of aromatic nitrogens is 1. The van der Waals surface area contributed by atoms with Gasteiger partial charge in [-0.05, 0) is 55.0 Å². The Morgan fingerprint density at radius 3 is 2.59 bits per heavy atom. The van der Waals surface area contributed by atoms with Gasteiger partial charge < -0.3 is 4.98 Å². The number of hydrogen-bond donors (Lipinski definition) is 2. The smallest absolute Gasteiger partial charge is 0.241 e. The molecule has 1 atom stereocenters. The highest BCUT2D eigenvalue weighted by Crippen LogP contribution is 2.34. The van der Waals surface area contributed by atoms with Crippen LogP contribution in [0.2, 0.25) is 10.0 Å². The van der Waals surface area contributed by atoms with Crippen molar-refractivity contribution in [1.29, 1.82) is 0 Å². The number of H-pyrrole nitrogens is 1. The molecule has 5 nitrogen and oxygen atoms in total. The van der Waals surface area contributed by atoms with Gasteiger partial charge in [-0.2, -0.15) is 4.72 Å². The molecular weight excluding hydrogens is 465 g/mol. The van der Waals surface area contributed by atoms with E-state index >= 15 is 0 Å². The Balaban J connectivity index is 1.47. The van der Waals surface area contributed by atoms with Crippen molar-refractivity contribution >= 4 is 44.1 Å². The largest absolute Gasteiger partial charge is 0.361 e. The van der Waals surface area contributed by atoms with E-state index in [0.717, 1.165) is 45.2 Å². The van der Waals surface area contributed by atoms with E-state index in [-0.39, 0.29) is 16.1 Å². The van der Waals surface area contributed by atoms with Crippen molar-refractivity contribution < 1.29 is 8.42 Å². The van der Waals surface area contributed by atoms with E-state index in [2.05, 4.69) is 45.9 Å². The van der Waals surface area contributed by atoms with Gasteiger partial charge in [0.2, 0.25) is 10.0 Å². The third kappa shape index (κ3) is 5.15. The van der Waals surface area contributed by atoms with E-state index in [4.69, 9.17) is 23.2 Å². The molecule has 1 aliphatic heterocycles. The highest BCUT2D eigenvalue weighted by molar-refractivity contribution is 7.89. The summed E-state index contributed by atoms with van der Waals surface area (Å²) < 4.78 is 29.1. The standard InChI is InChI=1S/C24H29Cl2N3O2S/c1-2-3-8-24(28-32(30,31)18-9-10-21(25)22(26)15-18)29-13-11-17(12-14-29)20-16-27-23-7-5-4-6-19(20)23/h4-7,9-10,15-17,24,27-28H,2-3,8,11-14H2,1H3. The quantitative estimate of drug-likeness (QED) is 0.395. The van der Waals surface area contributed by atoms with E-state index < -0.39 is 10.0 Å². The van der Waals surface area contributed by atoms with Gasteiger partial charge in [0, 0.05) is 30.2 Å². The molecule has 8 heteroatoms. The number of piperidine rings is 1. The van der Waals surface area contributed by atoms with Gasteiger partial charge in [-0.1, -0.05) is 61.2 Å². The Hall–Kier alpha value is -1.57. The van der Waals surface area contributed by atoms with E-state index in [9.17, 15) is 8.42 Å².